The van der Waals surface area contributed by atoms with E-state index in [1.165, 1.54) is 0 Å². The molecule has 4 nitrogen and oxygen atoms in total. The minimum absolute atomic E-state index is 0. The molecule has 5 heteroatoms. The third kappa shape index (κ3) is 2.60. The molecule has 1 aromatic carbocycles. The highest BCUT2D eigenvalue weighted by Gasteiger charge is 2.46. The predicted octanol–water partition coefficient (Wildman–Crippen LogP) is 2.60. The molecule has 0 aromatic heterocycles. The Kier molecular flexibility index (Phi) is 4.14. The molecule has 1 aliphatic heterocycles. The van der Waals surface area contributed by atoms with Gasteiger partial charge in [0.2, 0.25) is 0 Å². The van der Waals surface area contributed by atoms with Gasteiger partial charge in [-0.25, -0.2) is 4.79 Å². The van der Waals surface area contributed by atoms with E-state index in [0.29, 0.717) is 5.56 Å². The Labute approximate surface area is 106 Å². The van der Waals surface area contributed by atoms with Gasteiger partial charge in [0.05, 0.1) is 5.56 Å². The molecule has 17 heavy (non-hydrogen) atoms. The Hall–Kier alpha value is -1.10. The second kappa shape index (κ2) is 5.04. The Morgan fingerprint density at radius 3 is 2.59 bits per heavy atom. The van der Waals surface area contributed by atoms with Gasteiger partial charge in [0.1, 0.15) is 0 Å². The molecule has 1 aromatic rings. The molecule has 0 radical (unpaired) electrons. The molecule has 0 saturated carbocycles. The van der Waals surface area contributed by atoms with Crippen LogP contribution in [0, 0.1) is 6.92 Å². The second-order valence-electron chi connectivity index (χ2n) is 4.12. The molecule has 0 bridgehead atoms. The maximum Gasteiger partial charge on any atom is 0.335 e. The number of benzene rings is 1. The summed E-state index contributed by atoms with van der Waals surface area (Å²) in [5, 5.41) is 8.88. The van der Waals surface area contributed by atoms with Gasteiger partial charge in [-0.2, -0.15) is 5.48 Å². The minimum Gasteiger partial charge on any atom is -0.478 e. The number of carboxylic acid groups (broad SMARTS) is 1. The van der Waals surface area contributed by atoms with Crippen LogP contribution in [0.5, 0.6) is 0 Å². The lowest BCUT2D eigenvalue weighted by molar-refractivity contribution is 0.0696. The van der Waals surface area contributed by atoms with Gasteiger partial charge in [0.25, 0.3) is 0 Å². The molecular formula is C12H16ClNO3. The van der Waals surface area contributed by atoms with Crippen molar-refractivity contribution in [3.63, 3.8) is 0 Å². The lowest BCUT2D eigenvalue weighted by atomic mass is 9.95. The topological polar surface area (TPSA) is 71.8 Å². The molecule has 2 N–H and O–H groups in total. The quantitative estimate of drug-likeness (QED) is 0.814. The molecule has 94 valence electrons. The zero-order chi connectivity index (χ0) is 11.8. The van der Waals surface area contributed by atoms with Crippen LogP contribution in [0.15, 0.2) is 18.2 Å². The van der Waals surface area contributed by atoms with Crippen LogP contribution in [0.1, 0.15) is 41.3 Å². The van der Waals surface area contributed by atoms with Crippen molar-refractivity contribution in [3.05, 3.63) is 34.9 Å². The lowest BCUT2D eigenvalue weighted by Gasteiger charge is -2.12. The van der Waals surface area contributed by atoms with Crippen LogP contribution < -0.4 is 5.48 Å². The molecule has 1 aliphatic rings. The van der Waals surface area contributed by atoms with E-state index >= 15 is 0 Å². The van der Waals surface area contributed by atoms with Crippen molar-refractivity contribution in [1.82, 2.24) is 5.48 Å². The smallest absolute Gasteiger partial charge is 0.335 e. The SMILES string of the molecule is CCCC1(c2ccc(C(=O)O)cc2C)NO1.Cl. The first-order valence-corrected chi connectivity index (χ1v) is 5.38. The number of hydroxylamine groups is 1. The number of rotatable bonds is 4. The van der Waals surface area contributed by atoms with Crippen LogP contribution in [0.2, 0.25) is 0 Å². The van der Waals surface area contributed by atoms with Crippen LogP contribution in [-0.4, -0.2) is 11.1 Å². The molecule has 1 atom stereocenters. The first-order chi connectivity index (χ1) is 7.59. The van der Waals surface area contributed by atoms with Gasteiger partial charge >= 0.3 is 5.97 Å². The molecule has 1 fully saturated rings. The van der Waals surface area contributed by atoms with Crippen LogP contribution >= 0.6 is 12.4 Å². The largest absolute Gasteiger partial charge is 0.478 e. The lowest BCUT2D eigenvalue weighted by Crippen LogP contribution is -2.14. The van der Waals surface area contributed by atoms with Gasteiger partial charge in [-0.05, 0) is 31.0 Å². The zero-order valence-corrected chi connectivity index (χ0v) is 10.6. The summed E-state index contributed by atoms with van der Waals surface area (Å²) in [6.07, 6.45) is 1.90. The first-order valence-electron chi connectivity index (χ1n) is 5.38. The van der Waals surface area contributed by atoms with Crippen molar-refractivity contribution in [2.75, 3.05) is 0 Å². The molecular weight excluding hydrogens is 242 g/mol. The van der Waals surface area contributed by atoms with E-state index < -0.39 is 5.97 Å². The summed E-state index contributed by atoms with van der Waals surface area (Å²) in [5.74, 6) is -0.899. The Bertz CT molecular complexity index is 430. The Balaban J connectivity index is 0.00000144. The van der Waals surface area contributed by atoms with Gasteiger partial charge in [-0.3, -0.25) is 4.84 Å². The number of aromatic carboxylic acids is 1. The Morgan fingerprint density at radius 2 is 2.18 bits per heavy atom. The van der Waals surface area contributed by atoms with Crippen LogP contribution in [0.3, 0.4) is 0 Å². The number of hydrogen-bond donors (Lipinski definition) is 2. The van der Waals surface area contributed by atoms with E-state index in [-0.39, 0.29) is 18.1 Å². The third-order valence-corrected chi connectivity index (χ3v) is 2.86. The van der Waals surface area contributed by atoms with Gasteiger partial charge in [0, 0.05) is 5.56 Å². The van der Waals surface area contributed by atoms with Crippen molar-refractivity contribution >= 4 is 18.4 Å². The van der Waals surface area contributed by atoms with E-state index in [1.54, 1.807) is 12.1 Å². The first kappa shape index (κ1) is 14.0. The molecule has 0 spiro atoms. The number of nitrogens with one attached hydrogen (secondary N) is 1. The van der Waals surface area contributed by atoms with Gasteiger partial charge < -0.3 is 5.11 Å². The average Bonchev–Trinajstić information content (AvgIpc) is 2.99. The van der Waals surface area contributed by atoms with E-state index in [4.69, 9.17) is 9.94 Å². The second-order valence-corrected chi connectivity index (χ2v) is 4.12. The monoisotopic (exact) mass is 257 g/mol. The molecule has 0 amide bonds. The molecule has 1 saturated heterocycles. The number of carbonyl (C=O) groups is 1. The summed E-state index contributed by atoms with van der Waals surface area (Å²) < 4.78 is 0. The van der Waals surface area contributed by atoms with Crippen molar-refractivity contribution in [1.29, 1.82) is 0 Å². The summed E-state index contributed by atoms with van der Waals surface area (Å²) in [5.41, 5.74) is 4.81. The average molecular weight is 258 g/mol. The highest BCUT2D eigenvalue weighted by Crippen LogP contribution is 2.39. The maximum absolute atomic E-state index is 10.8. The summed E-state index contributed by atoms with van der Waals surface area (Å²) in [4.78, 5) is 16.1. The molecule has 0 aliphatic carbocycles. The standard InChI is InChI=1S/C12H15NO3.ClH/c1-3-6-12(13-16-12)10-5-4-9(11(14)15)7-8(10)2;/h4-5,7,13H,3,6H2,1-2H3,(H,14,15);1H. The summed E-state index contributed by atoms with van der Waals surface area (Å²) in [6.45, 7) is 3.99. The third-order valence-electron chi connectivity index (χ3n) is 2.86. The zero-order valence-electron chi connectivity index (χ0n) is 9.82. The number of aryl methyl sites for hydroxylation is 1. The molecule has 1 unspecified atom stereocenters. The van der Waals surface area contributed by atoms with Crippen molar-refractivity contribution in [2.24, 2.45) is 0 Å². The summed E-state index contributed by atoms with van der Waals surface area (Å²) in [6, 6.07) is 5.12. The van der Waals surface area contributed by atoms with E-state index in [0.717, 1.165) is 24.0 Å². The number of carboxylic acids is 1. The van der Waals surface area contributed by atoms with Crippen molar-refractivity contribution < 1.29 is 14.7 Å². The van der Waals surface area contributed by atoms with E-state index in [9.17, 15) is 4.79 Å². The van der Waals surface area contributed by atoms with Gasteiger partial charge in [-0.15, -0.1) is 12.4 Å². The molecule has 1 heterocycles. The fourth-order valence-corrected chi connectivity index (χ4v) is 2.01. The maximum atomic E-state index is 10.8. The van der Waals surface area contributed by atoms with Crippen molar-refractivity contribution in [3.8, 4) is 0 Å². The van der Waals surface area contributed by atoms with E-state index in [1.807, 2.05) is 13.0 Å². The van der Waals surface area contributed by atoms with E-state index in [2.05, 4.69) is 12.4 Å². The van der Waals surface area contributed by atoms with Crippen molar-refractivity contribution in [2.45, 2.75) is 32.4 Å². The fraction of sp³-hybridized carbons (Fsp3) is 0.417. The molecule has 2 rings (SSSR count). The number of halogens is 1. The van der Waals surface area contributed by atoms with Crippen LogP contribution in [0.25, 0.3) is 0 Å². The summed E-state index contributed by atoms with van der Waals surface area (Å²) in [7, 11) is 0. The van der Waals surface area contributed by atoms with Gasteiger partial charge in [-0.1, -0.05) is 19.4 Å². The van der Waals surface area contributed by atoms with Gasteiger partial charge in [0.15, 0.2) is 5.72 Å². The predicted molar refractivity (Wildman–Crippen MR) is 66.2 cm³/mol. The highest BCUT2D eigenvalue weighted by molar-refractivity contribution is 5.87. The Morgan fingerprint density at radius 1 is 1.53 bits per heavy atom. The highest BCUT2D eigenvalue weighted by atomic mass is 35.5. The minimum atomic E-state index is -0.899. The fourth-order valence-electron chi connectivity index (χ4n) is 2.01. The van der Waals surface area contributed by atoms with Crippen LogP contribution in [-0.2, 0) is 10.6 Å². The number of hydrogen-bond acceptors (Lipinski definition) is 3. The van der Waals surface area contributed by atoms with Crippen LogP contribution in [0.4, 0.5) is 0 Å². The summed E-state index contributed by atoms with van der Waals surface area (Å²) >= 11 is 0. The normalized spacial score (nSPS) is 21.8.